The van der Waals surface area contributed by atoms with Gasteiger partial charge in [-0.15, -0.1) is 0 Å². The van der Waals surface area contributed by atoms with Crippen molar-refractivity contribution >= 4 is 6.21 Å². The first-order chi connectivity index (χ1) is 4.74. The molecule has 0 amide bonds. The van der Waals surface area contributed by atoms with Crippen molar-refractivity contribution in [3.8, 4) is 11.5 Å². The van der Waals surface area contributed by atoms with Gasteiger partial charge in [0.2, 0.25) is 0 Å². The van der Waals surface area contributed by atoms with E-state index in [0.717, 1.165) is 6.21 Å². The van der Waals surface area contributed by atoms with Crippen LogP contribution in [-0.2, 0) is 0 Å². The molecule has 52 valence electrons. The highest BCUT2D eigenvalue weighted by molar-refractivity contribution is 5.81. The summed E-state index contributed by atoms with van der Waals surface area (Å²) in [7, 11) is 0. The van der Waals surface area contributed by atoms with Crippen molar-refractivity contribution < 1.29 is 10.2 Å². The lowest BCUT2D eigenvalue weighted by atomic mass is 10.2. The minimum Gasteiger partial charge on any atom is -0.508 e. The van der Waals surface area contributed by atoms with Crippen molar-refractivity contribution in [1.82, 2.24) is 0 Å². The van der Waals surface area contributed by atoms with E-state index in [9.17, 15) is 0 Å². The summed E-state index contributed by atoms with van der Waals surface area (Å²) in [6, 6.07) is 4.08. The van der Waals surface area contributed by atoms with Crippen LogP contribution in [0.4, 0.5) is 0 Å². The zero-order valence-corrected chi connectivity index (χ0v) is 5.20. The summed E-state index contributed by atoms with van der Waals surface area (Å²) in [4.78, 5) is 0. The van der Waals surface area contributed by atoms with Gasteiger partial charge in [0.15, 0.2) is 0 Å². The summed E-state index contributed by atoms with van der Waals surface area (Å²) in [5, 5.41) is 24.6. The normalized spacial score (nSPS) is 9.20. The van der Waals surface area contributed by atoms with Crippen molar-refractivity contribution in [2.45, 2.75) is 0 Å². The van der Waals surface area contributed by atoms with Gasteiger partial charge >= 0.3 is 0 Å². The highest BCUT2D eigenvalue weighted by atomic mass is 16.3. The maximum Gasteiger partial charge on any atom is 0.128 e. The molecule has 3 heteroatoms. The topological polar surface area (TPSA) is 64.3 Å². The molecular weight excluding hydrogens is 130 g/mol. The number of aromatic hydroxyl groups is 2. The molecule has 0 atom stereocenters. The molecule has 0 saturated heterocycles. The van der Waals surface area contributed by atoms with E-state index < -0.39 is 0 Å². The highest BCUT2D eigenvalue weighted by Gasteiger charge is 1.96. The number of phenols is 2. The summed E-state index contributed by atoms with van der Waals surface area (Å²) >= 11 is 0. The van der Waals surface area contributed by atoms with Crippen LogP contribution in [-0.4, -0.2) is 16.4 Å². The Morgan fingerprint density at radius 1 is 1.30 bits per heavy atom. The molecule has 0 radical (unpaired) electrons. The molecule has 0 aliphatic rings. The van der Waals surface area contributed by atoms with E-state index in [-0.39, 0.29) is 11.5 Å². The van der Waals surface area contributed by atoms with Crippen LogP contribution in [0.25, 0.3) is 0 Å². The van der Waals surface area contributed by atoms with Gasteiger partial charge in [-0.2, -0.15) is 0 Å². The first kappa shape index (κ1) is 6.61. The van der Waals surface area contributed by atoms with E-state index in [1.54, 1.807) is 0 Å². The minimum absolute atomic E-state index is 0.00287. The molecule has 3 N–H and O–H groups in total. The molecule has 0 heterocycles. The molecule has 0 saturated carbocycles. The molecule has 3 nitrogen and oxygen atoms in total. The molecule has 10 heavy (non-hydrogen) atoms. The smallest absolute Gasteiger partial charge is 0.128 e. The van der Waals surface area contributed by atoms with E-state index in [0.29, 0.717) is 5.56 Å². The monoisotopic (exact) mass is 137 g/mol. The third kappa shape index (κ3) is 1.07. The fraction of sp³-hybridized carbons (Fsp3) is 0. The zero-order chi connectivity index (χ0) is 7.56. The van der Waals surface area contributed by atoms with Crippen molar-refractivity contribution in [3.05, 3.63) is 23.8 Å². The number of hydrogen-bond acceptors (Lipinski definition) is 3. The molecule has 0 aromatic heterocycles. The van der Waals surface area contributed by atoms with Crippen LogP contribution >= 0.6 is 0 Å². The van der Waals surface area contributed by atoms with Gasteiger partial charge in [0.1, 0.15) is 11.5 Å². The van der Waals surface area contributed by atoms with Gasteiger partial charge in [-0.3, -0.25) is 0 Å². The van der Waals surface area contributed by atoms with E-state index in [2.05, 4.69) is 0 Å². The Kier molecular flexibility index (Phi) is 1.58. The summed E-state index contributed by atoms with van der Waals surface area (Å²) in [5.74, 6) is -0.0712. The van der Waals surface area contributed by atoms with E-state index in [1.165, 1.54) is 18.2 Å². The van der Waals surface area contributed by atoms with Gasteiger partial charge in [-0.25, -0.2) is 0 Å². The molecular formula is C7H7NO2. The molecule has 0 fully saturated rings. The Morgan fingerprint density at radius 2 is 2.00 bits per heavy atom. The van der Waals surface area contributed by atoms with Crippen molar-refractivity contribution in [1.29, 1.82) is 5.41 Å². The summed E-state index contributed by atoms with van der Waals surface area (Å²) in [6.07, 6.45) is 1.02. The fourth-order valence-corrected chi connectivity index (χ4v) is 0.654. The van der Waals surface area contributed by atoms with Gasteiger partial charge in [0, 0.05) is 17.8 Å². The summed E-state index contributed by atoms with van der Waals surface area (Å²) in [6.45, 7) is 0. The van der Waals surface area contributed by atoms with Crippen LogP contribution in [0.5, 0.6) is 11.5 Å². The third-order valence-corrected chi connectivity index (χ3v) is 1.17. The minimum atomic E-state index is -0.0741. The van der Waals surface area contributed by atoms with Crippen molar-refractivity contribution in [2.24, 2.45) is 0 Å². The quantitative estimate of drug-likeness (QED) is 0.507. The van der Waals surface area contributed by atoms with Crippen LogP contribution in [0.2, 0.25) is 0 Å². The summed E-state index contributed by atoms with van der Waals surface area (Å²) in [5.41, 5.74) is 0.401. The molecule has 0 aliphatic carbocycles. The Morgan fingerprint density at radius 3 is 2.50 bits per heavy atom. The zero-order valence-electron chi connectivity index (χ0n) is 5.20. The average Bonchev–Trinajstić information content (AvgIpc) is 1.88. The largest absolute Gasteiger partial charge is 0.508 e. The Labute approximate surface area is 58.1 Å². The molecule has 0 aliphatic heterocycles. The van der Waals surface area contributed by atoms with Crippen LogP contribution in [0.15, 0.2) is 18.2 Å². The first-order valence-electron chi connectivity index (χ1n) is 2.76. The second kappa shape index (κ2) is 2.39. The number of benzene rings is 1. The Balaban J connectivity index is 3.19. The van der Waals surface area contributed by atoms with Gasteiger partial charge < -0.3 is 15.6 Å². The van der Waals surface area contributed by atoms with Gasteiger partial charge in [-0.1, -0.05) is 0 Å². The van der Waals surface area contributed by atoms with Crippen LogP contribution in [0.3, 0.4) is 0 Å². The lowest BCUT2D eigenvalue weighted by Gasteiger charge is -1.96. The molecule has 1 rings (SSSR count). The van der Waals surface area contributed by atoms with E-state index >= 15 is 0 Å². The molecule has 0 unspecified atom stereocenters. The SMILES string of the molecule is N=Cc1ccc(O)cc1O. The van der Waals surface area contributed by atoms with E-state index in [4.69, 9.17) is 15.6 Å². The molecule has 1 aromatic carbocycles. The number of phenolic OH excluding ortho intramolecular Hbond substituents is 2. The maximum atomic E-state index is 8.98. The van der Waals surface area contributed by atoms with E-state index in [1.807, 2.05) is 0 Å². The van der Waals surface area contributed by atoms with Crippen molar-refractivity contribution in [2.75, 3.05) is 0 Å². The highest BCUT2D eigenvalue weighted by Crippen LogP contribution is 2.20. The lowest BCUT2D eigenvalue weighted by Crippen LogP contribution is -1.78. The molecule has 1 aromatic rings. The number of hydrogen-bond donors (Lipinski definition) is 3. The maximum absolute atomic E-state index is 8.98. The standard InChI is InChI=1S/C7H7NO2/c8-4-5-1-2-6(9)3-7(5)10/h1-4,8-10H. The Bertz CT molecular complexity index is 258. The Hall–Kier alpha value is -1.51. The lowest BCUT2D eigenvalue weighted by molar-refractivity contribution is 0.450. The van der Waals surface area contributed by atoms with Gasteiger partial charge in [0.25, 0.3) is 0 Å². The predicted octanol–water partition coefficient (Wildman–Crippen LogP) is 1.10. The number of rotatable bonds is 1. The number of nitrogens with one attached hydrogen (secondary N) is 1. The predicted molar refractivity (Wildman–Crippen MR) is 37.7 cm³/mol. The molecule has 0 spiro atoms. The van der Waals surface area contributed by atoms with Gasteiger partial charge in [0.05, 0.1) is 0 Å². The van der Waals surface area contributed by atoms with Crippen LogP contribution in [0.1, 0.15) is 5.56 Å². The fourth-order valence-electron chi connectivity index (χ4n) is 0.654. The molecule has 0 bridgehead atoms. The second-order valence-electron chi connectivity index (χ2n) is 1.89. The van der Waals surface area contributed by atoms with Crippen LogP contribution in [0, 0.1) is 5.41 Å². The first-order valence-corrected chi connectivity index (χ1v) is 2.76. The second-order valence-corrected chi connectivity index (χ2v) is 1.89. The van der Waals surface area contributed by atoms with Gasteiger partial charge in [-0.05, 0) is 12.1 Å². The third-order valence-electron chi connectivity index (χ3n) is 1.17. The average molecular weight is 137 g/mol. The van der Waals surface area contributed by atoms with Crippen molar-refractivity contribution in [3.63, 3.8) is 0 Å². The van der Waals surface area contributed by atoms with Crippen LogP contribution < -0.4 is 0 Å². The summed E-state index contributed by atoms with van der Waals surface area (Å²) < 4.78 is 0.